The molecule has 1 rings (SSSR count). The SMILES string of the molecule is CNCC(C)(C)COCc1ccc(OC)cc1. The average Bonchev–Trinajstić information content (AvgIpc) is 2.29. The summed E-state index contributed by atoms with van der Waals surface area (Å²) in [7, 11) is 3.64. The predicted octanol–water partition coefficient (Wildman–Crippen LogP) is 2.46. The molecule has 0 aliphatic rings. The molecule has 0 amide bonds. The zero-order valence-electron chi connectivity index (χ0n) is 11.2. The van der Waals surface area contributed by atoms with Gasteiger partial charge in [-0.3, -0.25) is 0 Å². The van der Waals surface area contributed by atoms with Crippen LogP contribution in [0.3, 0.4) is 0 Å². The fourth-order valence-electron chi connectivity index (χ4n) is 1.70. The van der Waals surface area contributed by atoms with Gasteiger partial charge in [0.05, 0.1) is 20.3 Å². The summed E-state index contributed by atoms with van der Waals surface area (Å²) in [6.45, 7) is 6.74. The van der Waals surface area contributed by atoms with Gasteiger partial charge in [0.15, 0.2) is 0 Å². The van der Waals surface area contributed by atoms with Crippen LogP contribution in [0.25, 0.3) is 0 Å². The summed E-state index contributed by atoms with van der Waals surface area (Å²) in [5, 5.41) is 3.18. The van der Waals surface area contributed by atoms with Crippen molar-refractivity contribution in [2.24, 2.45) is 5.41 Å². The molecule has 0 aliphatic heterocycles. The molecule has 1 N–H and O–H groups in total. The van der Waals surface area contributed by atoms with Crippen LogP contribution in [0.2, 0.25) is 0 Å². The van der Waals surface area contributed by atoms with Crippen LogP contribution in [0, 0.1) is 5.41 Å². The van der Waals surface area contributed by atoms with Gasteiger partial charge in [-0.1, -0.05) is 26.0 Å². The molecule has 3 nitrogen and oxygen atoms in total. The molecule has 1 aromatic carbocycles. The summed E-state index contributed by atoms with van der Waals surface area (Å²) >= 11 is 0. The van der Waals surface area contributed by atoms with E-state index in [0.717, 1.165) is 18.9 Å². The van der Waals surface area contributed by atoms with Crippen molar-refractivity contribution in [2.45, 2.75) is 20.5 Å². The number of hydrogen-bond donors (Lipinski definition) is 1. The third-order valence-corrected chi connectivity index (χ3v) is 2.58. The molecule has 0 aromatic heterocycles. The van der Waals surface area contributed by atoms with Gasteiger partial charge in [-0.2, -0.15) is 0 Å². The molecule has 96 valence electrons. The van der Waals surface area contributed by atoms with Crippen LogP contribution < -0.4 is 10.1 Å². The Hall–Kier alpha value is -1.06. The van der Waals surface area contributed by atoms with Gasteiger partial charge >= 0.3 is 0 Å². The maximum Gasteiger partial charge on any atom is 0.118 e. The topological polar surface area (TPSA) is 30.5 Å². The lowest BCUT2D eigenvalue weighted by Gasteiger charge is -2.23. The lowest BCUT2D eigenvalue weighted by molar-refractivity contribution is 0.0521. The first-order chi connectivity index (χ1) is 8.07. The average molecular weight is 237 g/mol. The number of hydrogen-bond acceptors (Lipinski definition) is 3. The van der Waals surface area contributed by atoms with Crippen molar-refractivity contribution in [3.63, 3.8) is 0 Å². The second kappa shape index (κ2) is 6.62. The fraction of sp³-hybridized carbons (Fsp3) is 0.571. The first-order valence-electron chi connectivity index (χ1n) is 5.93. The molecular weight excluding hydrogens is 214 g/mol. The summed E-state index contributed by atoms with van der Waals surface area (Å²) in [6, 6.07) is 7.97. The van der Waals surface area contributed by atoms with Crippen molar-refractivity contribution in [3.8, 4) is 5.75 Å². The highest BCUT2D eigenvalue weighted by Gasteiger charge is 2.16. The largest absolute Gasteiger partial charge is 0.497 e. The van der Waals surface area contributed by atoms with Crippen LogP contribution in [0.15, 0.2) is 24.3 Å². The molecule has 0 fully saturated rings. The van der Waals surface area contributed by atoms with E-state index in [-0.39, 0.29) is 5.41 Å². The molecule has 0 atom stereocenters. The Kier molecular flexibility index (Phi) is 5.45. The number of methoxy groups -OCH3 is 1. The molecule has 17 heavy (non-hydrogen) atoms. The minimum absolute atomic E-state index is 0.168. The van der Waals surface area contributed by atoms with E-state index in [4.69, 9.17) is 9.47 Å². The summed E-state index contributed by atoms with van der Waals surface area (Å²) in [4.78, 5) is 0. The number of benzene rings is 1. The van der Waals surface area contributed by atoms with Crippen LogP contribution in [-0.2, 0) is 11.3 Å². The van der Waals surface area contributed by atoms with Gasteiger partial charge in [0.1, 0.15) is 5.75 Å². The molecule has 0 saturated carbocycles. The van der Waals surface area contributed by atoms with E-state index in [1.165, 1.54) is 5.56 Å². The smallest absolute Gasteiger partial charge is 0.118 e. The van der Waals surface area contributed by atoms with Gasteiger partial charge in [-0.25, -0.2) is 0 Å². The lowest BCUT2D eigenvalue weighted by Crippen LogP contribution is -2.31. The summed E-state index contributed by atoms with van der Waals surface area (Å²) < 4.78 is 10.8. The fourth-order valence-corrected chi connectivity index (χ4v) is 1.70. The normalized spacial score (nSPS) is 11.5. The van der Waals surface area contributed by atoms with E-state index in [1.54, 1.807) is 7.11 Å². The van der Waals surface area contributed by atoms with Crippen molar-refractivity contribution in [1.29, 1.82) is 0 Å². The maximum atomic E-state index is 5.73. The summed E-state index contributed by atoms with van der Waals surface area (Å²) in [5.74, 6) is 0.879. The first-order valence-corrected chi connectivity index (χ1v) is 5.93. The molecule has 0 bridgehead atoms. The number of ether oxygens (including phenoxy) is 2. The predicted molar refractivity (Wildman–Crippen MR) is 70.4 cm³/mol. The van der Waals surface area contributed by atoms with E-state index in [9.17, 15) is 0 Å². The van der Waals surface area contributed by atoms with Crippen molar-refractivity contribution in [2.75, 3.05) is 27.3 Å². The zero-order chi connectivity index (χ0) is 12.7. The van der Waals surface area contributed by atoms with E-state index in [2.05, 4.69) is 19.2 Å². The van der Waals surface area contributed by atoms with Crippen LogP contribution in [0.4, 0.5) is 0 Å². The van der Waals surface area contributed by atoms with Crippen LogP contribution in [-0.4, -0.2) is 27.3 Å². The van der Waals surface area contributed by atoms with E-state index < -0.39 is 0 Å². The van der Waals surface area contributed by atoms with Crippen molar-refractivity contribution >= 4 is 0 Å². The van der Waals surface area contributed by atoms with Gasteiger partial charge < -0.3 is 14.8 Å². The number of nitrogens with one attached hydrogen (secondary N) is 1. The van der Waals surface area contributed by atoms with Crippen molar-refractivity contribution < 1.29 is 9.47 Å². The van der Waals surface area contributed by atoms with Crippen LogP contribution >= 0.6 is 0 Å². The molecule has 0 radical (unpaired) electrons. The lowest BCUT2D eigenvalue weighted by atomic mass is 9.95. The first kappa shape index (κ1) is 14.0. The Morgan fingerprint density at radius 3 is 2.35 bits per heavy atom. The molecular formula is C14H23NO2. The minimum Gasteiger partial charge on any atom is -0.497 e. The molecule has 3 heteroatoms. The summed E-state index contributed by atoms with van der Waals surface area (Å²) in [5.41, 5.74) is 1.34. The van der Waals surface area contributed by atoms with Gasteiger partial charge in [-0.05, 0) is 24.7 Å². The second-order valence-corrected chi connectivity index (χ2v) is 5.04. The third-order valence-electron chi connectivity index (χ3n) is 2.58. The van der Waals surface area contributed by atoms with Crippen LogP contribution in [0.5, 0.6) is 5.75 Å². The second-order valence-electron chi connectivity index (χ2n) is 5.04. The Bertz CT molecular complexity index is 319. The Balaban J connectivity index is 2.35. The van der Waals surface area contributed by atoms with Crippen molar-refractivity contribution in [1.82, 2.24) is 5.32 Å². The molecule has 1 aromatic rings. The van der Waals surface area contributed by atoms with Crippen LogP contribution in [0.1, 0.15) is 19.4 Å². The summed E-state index contributed by atoms with van der Waals surface area (Å²) in [6.07, 6.45) is 0. The Labute approximate surface area is 104 Å². The third kappa shape index (κ3) is 5.20. The highest BCUT2D eigenvalue weighted by molar-refractivity contribution is 5.26. The molecule has 0 unspecified atom stereocenters. The van der Waals surface area contributed by atoms with Gasteiger partial charge in [0, 0.05) is 12.0 Å². The monoisotopic (exact) mass is 237 g/mol. The highest BCUT2D eigenvalue weighted by Crippen LogP contribution is 2.16. The van der Waals surface area contributed by atoms with Gasteiger partial charge in [0.25, 0.3) is 0 Å². The molecule has 0 heterocycles. The highest BCUT2D eigenvalue weighted by atomic mass is 16.5. The molecule has 0 spiro atoms. The van der Waals surface area contributed by atoms with Gasteiger partial charge in [0.2, 0.25) is 0 Å². The zero-order valence-corrected chi connectivity index (χ0v) is 11.2. The van der Waals surface area contributed by atoms with Crippen molar-refractivity contribution in [3.05, 3.63) is 29.8 Å². The standard InChI is InChI=1S/C14H23NO2/c1-14(2,10-15-3)11-17-9-12-5-7-13(16-4)8-6-12/h5-8,15H,9-11H2,1-4H3. The number of rotatable bonds is 7. The van der Waals surface area contributed by atoms with E-state index in [0.29, 0.717) is 6.61 Å². The Morgan fingerprint density at radius 1 is 1.18 bits per heavy atom. The van der Waals surface area contributed by atoms with E-state index >= 15 is 0 Å². The molecule has 0 saturated heterocycles. The molecule has 0 aliphatic carbocycles. The quantitative estimate of drug-likeness (QED) is 0.790. The maximum absolute atomic E-state index is 5.73. The minimum atomic E-state index is 0.168. The van der Waals surface area contributed by atoms with E-state index in [1.807, 2.05) is 31.3 Å². The van der Waals surface area contributed by atoms with Gasteiger partial charge in [-0.15, -0.1) is 0 Å². The Morgan fingerprint density at radius 2 is 1.82 bits per heavy atom.